The second-order valence-corrected chi connectivity index (χ2v) is 5.94. The molecular formula is C15H12N2O2S. The van der Waals surface area contributed by atoms with Gasteiger partial charge in [-0.3, -0.25) is 9.59 Å². The second kappa shape index (κ2) is 5.06. The number of benzene rings is 1. The van der Waals surface area contributed by atoms with Gasteiger partial charge in [-0.15, -0.1) is 11.3 Å². The van der Waals surface area contributed by atoms with Gasteiger partial charge >= 0.3 is 0 Å². The first kappa shape index (κ1) is 12.8. The number of hydrogen-bond donors (Lipinski definition) is 1. The number of nitrogens with one attached hydrogen (secondary N) is 1. The molecule has 3 rings (SSSR count). The predicted octanol–water partition coefficient (Wildman–Crippen LogP) is 2.50. The summed E-state index contributed by atoms with van der Waals surface area (Å²) in [6.07, 6.45) is 1.86. The summed E-state index contributed by atoms with van der Waals surface area (Å²) in [5.41, 5.74) is 0. The largest absolute Gasteiger partial charge is 0.352 e. The molecule has 1 heterocycles. The van der Waals surface area contributed by atoms with Crippen LogP contribution in [0.4, 0.5) is 0 Å². The van der Waals surface area contributed by atoms with Crippen molar-refractivity contribution in [2.24, 2.45) is 5.92 Å². The molecule has 0 bridgehead atoms. The Labute approximate surface area is 120 Å². The fraction of sp³-hybridized carbons (Fsp3) is 0.267. The molecule has 1 aliphatic carbocycles. The van der Waals surface area contributed by atoms with E-state index in [1.807, 2.05) is 30.3 Å². The number of amides is 1. The number of carbonyl (C=O) groups excluding carboxylic acids is 2. The highest BCUT2D eigenvalue weighted by Crippen LogP contribution is 2.27. The average molecular weight is 284 g/mol. The van der Waals surface area contributed by atoms with Crippen molar-refractivity contribution in [3.8, 4) is 6.07 Å². The van der Waals surface area contributed by atoms with Crippen molar-refractivity contribution < 1.29 is 9.59 Å². The fourth-order valence-electron chi connectivity index (χ4n) is 1.99. The van der Waals surface area contributed by atoms with Crippen LogP contribution in [0.5, 0.6) is 0 Å². The van der Waals surface area contributed by atoms with E-state index in [9.17, 15) is 9.59 Å². The third-order valence-electron chi connectivity index (χ3n) is 3.25. The summed E-state index contributed by atoms with van der Waals surface area (Å²) in [6, 6.07) is 11.3. The lowest BCUT2D eigenvalue weighted by molar-refractivity contribution is -0.122. The monoisotopic (exact) mass is 284 g/mol. The normalized spacial score (nSPS) is 15.6. The van der Waals surface area contributed by atoms with Crippen LogP contribution in [0, 0.1) is 17.2 Å². The highest BCUT2D eigenvalue weighted by atomic mass is 32.1. The van der Waals surface area contributed by atoms with Gasteiger partial charge in [0.05, 0.1) is 10.9 Å². The highest BCUT2D eigenvalue weighted by Gasteiger charge is 2.32. The molecule has 0 spiro atoms. The van der Waals surface area contributed by atoms with E-state index in [-0.39, 0.29) is 6.04 Å². The maximum absolute atomic E-state index is 12.3. The minimum Gasteiger partial charge on any atom is -0.352 e. The molecule has 1 atom stereocenters. The van der Waals surface area contributed by atoms with Crippen LogP contribution in [0.15, 0.2) is 30.3 Å². The first-order chi connectivity index (χ1) is 9.69. The minimum absolute atomic E-state index is 0.147. The molecule has 0 saturated heterocycles. The van der Waals surface area contributed by atoms with Gasteiger partial charge in [0, 0.05) is 10.7 Å². The first-order valence-corrected chi connectivity index (χ1v) is 7.23. The molecule has 1 unspecified atom stereocenters. The van der Waals surface area contributed by atoms with Gasteiger partial charge in [0.1, 0.15) is 0 Å². The van der Waals surface area contributed by atoms with Gasteiger partial charge < -0.3 is 5.32 Å². The zero-order chi connectivity index (χ0) is 14.1. The molecule has 2 aromatic rings. The van der Waals surface area contributed by atoms with E-state index < -0.39 is 17.6 Å². The SMILES string of the molecule is N#CC(C(=O)NC1CC1)C(=O)c1cc2ccccc2s1. The van der Waals surface area contributed by atoms with E-state index in [4.69, 9.17) is 5.26 Å². The highest BCUT2D eigenvalue weighted by molar-refractivity contribution is 7.20. The number of carbonyl (C=O) groups is 2. The standard InChI is InChI=1S/C15H12N2O2S/c16-8-11(15(19)17-10-5-6-10)14(18)13-7-9-3-1-2-4-12(9)20-13/h1-4,7,10-11H,5-6H2,(H,17,19). The Morgan fingerprint density at radius 2 is 2.10 bits per heavy atom. The van der Waals surface area contributed by atoms with E-state index in [1.165, 1.54) is 11.3 Å². The lowest BCUT2D eigenvalue weighted by Crippen LogP contribution is -2.35. The summed E-state index contributed by atoms with van der Waals surface area (Å²) in [6.45, 7) is 0. The van der Waals surface area contributed by atoms with Crippen molar-refractivity contribution in [1.82, 2.24) is 5.32 Å². The van der Waals surface area contributed by atoms with E-state index in [0.29, 0.717) is 4.88 Å². The van der Waals surface area contributed by atoms with E-state index >= 15 is 0 Å². The van der Waals surface area contributed by atoms with Crippen LogP contribution in [-0.4, -0.2) is 17.7 Å². The van der Waals surface area contributed by atoms with Crippen LogP contribution in [0.25, 0.3) is 10.1 Å². The minimum atomic E-state index is -1.25. The fourth-order valence-corrected chi connectivity index (χ4v) is 3.03. The van der Waals surface area contributed by atoms with Crippen molar-refractivity contribution in [3.63, 3.8) is 0 Å². The number of thiophene rings is 1. The van der Waals surface area contributed by atoms with Crippen molar-refractivity contribution in [1.29, 1.82) is 5.26 Å². The van der Waals surface area contributed by atoms with Crippen LogP contribution in [-0.2, 0) is 4.79 Å². The number of nitrogens with zero attached hydrogens (tertiary/aromatic N) is 1. The van der Waals surface area contributed by atoms with Crippen LogP contribution in [0.3, 0.4) is 0 Å². The third kappa shape index (κ3) is 2.43. The molecule has 0 radical (unpaired) electrons. The van der Waals surface area contributed by atoms with Gasteiger partial charge in [0.15, 0.2) is 11.7 Å². The molecular weight excluding hydrogens is 272 g/mol. The van der Waals surface area contributed by atoms with Gasteiger partial charge in [0.25, 0.3) is 0 Å². The number of nitriles is 1. The Balaban J connectivity index is 1.85. The lowest BCUT2D eigenvalue weighted by atomic mass is 10.0. The van der Waals surface area contributed by atoms with Crippen LogP contribution >= 0.6 is 11.3 Å². The van der Waals surface area contributed by atoms with Gasteiger partial charge in [0.2, 0.25) is 5.91 Å². The van der Waals surface area contributed by atoms with Crippen LogP contribution in [0.2, 0.25) is 0 Å². The summed E-state index contributed by atoms with van der Waals surface area (Å²) in [5, 5.41) is 12.8. The molecule has 1 aromatic heterocycles. The zero-order valence-corrected chi connectivity index (χ0v) is 11.4. The predicted molar refractivity (Wildman–Crippen MR) is 76.4 cm³/mol. The molecule has 4 nitrogen and oxygen atoms in total. The molecule has 100 valence electrons. The Bertz CT molecular complexity index is 692. The Morgan fingerprint density at radius 3 is 2.75 bits per heavy atom. The number of Topliss-reactive ketones (excluding diaryl/α,β-unsaturated/α-hetero) is 1. The summed E-state index contributed by atoms with van der Waals surface area (Å²) < 4.78 is 0.982. The Hall–Kier alpha value is -2.19. The van der Waals surface area contributed by atoms with Crippen molar-refractivity contribution in [2.45, 2.75) is 18.9 Å². The molecule has 1 saturated carbocycles. The van der Waals surface area contributed by atoms with E-state index in [0.717, 1.165) is 22.9 Å². The molecule has 1 aliphatic rings. The second-order valence-electron chi connectivity index (χ2n) is 4.86. The lowest BCUT2D eigenvalue weighted by Gasteiger charge is -2.07. The first-order valence-electron chi connectivity index (χ1n) is 6.42. The number of rotatable bonds is 4. The Morgan fingerprint density at radius 1 is 1.35 bits per heavy atom. The maximum Gasteiger partial charge on any atom is 0.245 e. The molecule has 1 fully saturated rings. The maximum atomic E-state index is 12.3. The molecule has 1 amide bonds. The topological polar surface area (TPSA) is 70.0 Å². The van der Waals surface area contributed by atoms with Crippen molar-refractivity contribution in [3.05, 3.63) is 35.2 Å². The quantitative estimate of drug-likeness (QED) is 0.692. The number of ketones is 1. The number of hydrogen-bond acceptors (Lipinski definition) is 4. The molecule has 20 heavy (non-hydrogen) atoms. The summed E-state index contributed by atoms with van der Waals surface area (Å²) in [7, 11) is 0. The smallest absolute Gasteiger partial charge is 0.245 e. The van der Waals surface area contributed by atoms with E-state index in [1.54, 1.807) is 6.07 Å². The Kier molecular flexibility index (Phi) is 3.25. The van der Waals surface area contributed by atoms with Crippen LogP contribution < -0.4 is 5.32 Å². The summed E-state index contributed by atoms with van der Waals surface area (Å²) in [5.74, 6) is -2.13. The zero-order valence-electron chi connectivity index (χ0n) is 10.6. The van der Waals surface area contributed by atoms with Crippen molar-refractivity contribution >= 4 is 33.1 Å². The van der Waals surface area contributed by atoms with E-state index in [2.05, 4.69) is 5.32 Å². The van der Waals surface area contributed by atoms with Crippen LogP contribution in [0.1, 0.15) is 22.5 Å². The summed E-state index contributed by atoms with van der Waals surface area (Å²) in [4.78, 5) is 24.7. The third-order valence-corrected chi connectivity index (χ3v) is 4.38. The molecule has 0 aliphatic heterocycles. The summed E-state index contributed by atoms with van der Waals surface area (Å²) >= 11 is 1.32. The van der Waals surface area contributed by atoms with Crippen molar-refractivity contribution in [2.75, 3.05) is 0 Å². The van der Waals surface area contributed by atoms with Gasteiger partial charge in [-0.2, -0.15) is 5.26 Å². The molecule has 1 aromatic carbocycles. The molecule has 1 N–H and O–H groups in total. The van der Waals surface area contributed by atoms with Gasteiger partial charge in [-0.1, -0.05) is 18.2 Å². The average Bonchev–Trinajstić information content (AvgIpc) is 3.14. The molecule has 5 heteroatoms. The van der Waals surface area contributed by atoms with Gasteiger partial charge in [-0.25, -0.2) is 0 Å². The van der Waals surface area contributed by atoms with Gasteiger partial charge in [-0.05, 0) is 30.4 Å². The number of fused-ring (bicyclic) bond motifs is 1.